The van der Waals surface area contributed by atoms with Crippen molar-refractivity contribution in [3.63, 3.8) is 0 Å². The second-order valence-electron chi connectivity index (χ2n) is 6.82. The van der Waals surface area contributed by atoms with Gasteiger partial charge in [-0.2, -0.15) is 0 Å². The van der Waals surface area contributed by atoms with Gasteiger partial charge < -0.3 is 5.32 Å². The number of tetrazole rings is 1. The molecule has 0 fully saturated rings. The van der Waals surface area contributed by atoms with Crippen molar-refractivity contribution >= 4 is 5.91 Å². The van der Waals surface area contributed by atoms with Crippen molar-refractivity contribution in [3.8, 4) is 0 Å². The summed E-state index contributed by atoms with van der Waals surface area (Å²) in [7, 11) is 0. The summed E-state index contributed by atoms with van der Waals surface area (Å²) in [6.07, 6.45) is 3.88. The Balaban J connectivity index is 1.56. The number of carbonyl (C=O) groups excluding carboxylic acids is 1. The van der Waals surface area contributed by atoms with Crippen molar-refractivity contribution in [2.24, 2.45) is 0 Å². The molecule has 140 valence electrons. The molecule has 0 spiro atoms. The number of nitrogens with zero attached hydrogens (tertiary/aromatic N) is 4. The summed E-state index contributed by atoms with van der Waals surface area (Å²) in [5.41, 5.74) is 4.98. The predicted octanol–water partition coefficient (Wildman–Crippen LogP) is 2.82. The van der Waals surface area contributed by atoms with E-state index in [0.717, 1.165) is 18.4 Å². The lowest BCUT2D eigenvalue weighted by molar-refractivity contribution is -0.124. The fourth-order valence-corrected chi connectivity index (χ4v) is 3.19. The van der Waals surface area contributed by atoms with Crippen LogP contribution in [-0.4, -0.2) is 32.7 Å². The van der Waals surface area contributed by atoms with Crippen LogP contribution in [0.3, 0.4) is 0 Å². The molecule has 1 heterocycles. The third kappa shape index (κ3) is 5.23. The van der Waals surface area contributed by atoms with Gasteiger partial charge in [0.2, 0.25) is 5.91 Å². The molecule has 0 saturated carbocycles. The van der Waals surface area contributed by atoms with Gasteiger partial charge in [-0.15, -0.1) is 5.10 Å². The minimum Gasteiger partial charge on any atom is -0.354 e. The first-order valence-corrected chi connectivity index (χ1v) is 9.24. The van der Waals surface area contributed by atoms with Gasteiger partial charge in [-0.05, 0) is 53.8 Å². The van der Waals surface area contributed by atoms with Crippen LogP contribution in [0.5, 0.6) is 0 Å². The number of aryl methyl sites for hydroxylation is 3. The van der Waals surface area contributed by atoms with Crippen molar-refractivity contribution in [1.82, 2.24) is 25.5 Å². The molecule has 0 aliphatic heterocycles. The van der Waals surface area contributed by atoms with Crippen LogP contribution in [0, 0.1) is 13.8 Å². The molecule has 0 radical (unpaired) electrons. The van der Waals surface area contributed by atoms with Gasteiger partial charge in [-0.1, -0.05) is 54.1 Å². The van der Waals surface area contributed by atoms with Crippen LogP contribution < -0.4 is 5.32 Å². The molecule has 3 rings (SSSR count). The largest absolute Gasteiger partial charge is 0.354 e. The minimum absolute atomic E-state index is 0.0632. The number of carbonyl (C=O) groups is 1. The van der Waals surface area contributed by atoms with Crippen molar-refractivity contribution in [1.29, 1.82) is 0 Å². The summed E-state index contributed by atoms with van der Waals surface area (Å²) in [5, 5.41) is 14.3. The van der Waals surface area contributed by atoms with Crippen molar-refractivity contribution in [2.45, 2.75) is 39.2 Å². The molecule has 1 atom stereocenters. The zero-order chi connectivity index (χ0) is 19.1. The molecule has 6 heteroatoms. The molecule has 0 aliphatic carbocycles. The topological polar surface area (TPSA) is 72.7 Å². The predicted molar refractivity (Wildman–Crippen MR) is 104 cm³/mol. The fraction of sp³-hybridized carbons (Fsp3) is 0.333. The third-order valence-electron chi connectivity index (χ3n) is 4.68. The first-order valence-electron chi connectivity index (χ1n) is 9.24. The number of aromatic nitrogens is 4. The van der Waals surface area contributed by atoms with Gasteiger partial charge in [0.15, 0.2) is 0 Å². The van der Waals surface area contributed by atoms with Gasteiger partial charge in [-0.3, -0.25) is 4.79 Å². The lowest BCUT2D eigenvalue weighted by atomic mass is 10.0. The van der Waals surface area contributed by atoms with Gasteiger partial charge >= 0.3 is 0 Å². The number of benzene rings is 2. The van der Waals surface area contributed by atoms with Gasteiger partial charge in [0.05, 0.1) is 0 Å². The Hall–Kier alpha value is -3.02. The molecule has 1 aromatic heterocycles. The van der Waals surface area contributed by atoms with Crippen LogP contribution in [-0.2, 0) is 17.6 Å². The molecule has 27 heavy (non-hydrogen) atoms. The van der Waals surface area contributed by atoms with Gasteiger partial charge in [-0.25, -0.2) is 4.68 Å². The van der Waals surface area contributed by atoms with Crippen LogP contribution in [0.25, 0.3) is 0 Å². The number of nitrogens with one attached hydrogen (secondary N) is 1. The highest BCUT2D eigenvalue weighted by Gasteiger charge is 2.21. The zero-order valence-corrected chi connectivity index (χ0v) is 15.8. The smallest absolute Gasteiger partial charge is 0.245 e. The molecule has 1 amide bonds. The van der Waals surface area contributed by atoms with Gasteiger partial charge in [0.1, 0.15) is 12.4 Å². The summed E-state index contributed by atoms with van der Waals surface area (Å²) < 4.78 is 1.52. The highest BCUT2D eigenvalue weighted by Crippen LogP contribution is 2.14. The van der Waals surface area contributed by atoms with Crippen LogP contribution in [0.2, 0.25) is 0 Å². The summed E-state index contributed by atoms with van der Waals surface area (Å²) in [6, 6.07) is 15.9. The quantitative estimate of drug-likeness (QED) is 0.625. The second kappa shape index (κ2) is 9.07. The minimum atomic E-state index is -0.455. The zero-order valence-electron chi connectivity index (χ0n) is 15.8. The molecule has 6 nitrogen and oxygen atoms in total. The second-order valence-corrected chi connectivity index (χ2v) is 6.82. The molecular formula is C21H25N5O. The van der Waals surface area contributed by atoms with Gasteiger partial charge in [0, 0.05) is 13.0 Å². The first-order chi connectivity index (χ1) is 13.1. The van der Waals surface area contributed by atoms with Crippen molar-refractivity contribution < 1.29 is 4.79 Å². The van der Waals surface area contributed by atoms with Gasteiger partial charge in [0.25, 0.3) is 0 Å². The highest BCUT2D eigenvalue weighted by atomic mass is 16.2. The number of rotatable bonds is 8. The van der Waals surface area contributed by atoms with Crippen molar-refractivity contribution in [2.75, 3.05) is 6.54 Å². The lowest BCUT2D eigenvalue weighted by Crippen LogP contribution is -2.35. The van der Waals surface area contributed by atoms with E-state index < -0.39 is 6.04 Å². The molecule has 0 saturated heterocycles. The molecule has 1 N–H and O–H groups in total. The standard InChI is InChI=1S/C21H25N5O/c1-16-10-11-19(17(2)13-16)9-6-12-22-21(27)20(26-15-23-24-25-26)14-18-7-4-3-5-8-18/h3-5,7-8,10-11,13,15,20H,6,9,12,14H2,1-2H3,(H,22,27). The highest BCUT2D eigenvalue weighted by molar-refractivity contribution is 5.80. The SMILES string of the molecule is Cc1ccc(CCCNC(=O)C(Cc2ccccc2)n2cnnn2)c(C)c1. The average Bonchev–Trinajstić information content (AvgIpc) is 3.20. The summed E-state index contributed by atoms with van der Waals surface area (Å²) >= 11 is 0. The van der Waals surface area contributed by atoms with Crippen LogP contribution >= 0.6 is 0 Å². The van der Waals surface area contributed by atoms with Crippen LogP contribution in [0.4, 0.5) is 0 Å². The van der Waals surface area contributed by atoms with Crippen molar-refractivity contribution in [3.05, 3.63) is 77.1 Å². The molecule has 3 aromatic rings. The summed E-state index contributed by atoms with van der Waals surface area (Å²) in [6.45, 7) is 4.86. The normalized spacial score (nSPS) is 11.9. The number of hydrogen-bond acceptors (Lipinski definition) is 4. The van der Waals surface area contributed by atoms with Crippen LogP contribution in [0.15, 0.2) is 54.9 Å². The fourth-order valence-electron chi connectivity index (χ4n) is 3.19. The molecule has 0 aliphatic rings. The Bertz CT molecular complexity index is 862. The van der Waals surface area contributed by atoms with E-state index in [1.807, 2.05) is 30.3 Å². The molecular weight excluding hydrogens is 338 g/mol. The van der Waals surface area contributed by atoms with Crippen LogP contribution in [0.1, 0.15) is 34.7 Å². The maximum Gasteiger partial charge on any atom is 0.245 e. The maximum absolute atomic E-state index is 12.7. The Kier molecular flexibility index (Phi) is 6.30. The Labute approximate surface area is 159 Å². The summed E-state index contributed by atoms with van der Waals surface area (Å²) in [4.78, 5) is 12.7. The van der Waals surface area contributed by atoms with E-state index in [1.54, 1.807) is 0 Å². The van der Waals surface area contributed by atoms with E-state index in [1.165, 1.54) is 27.7 Å². The van der Waals surface area contributed by atoms with E-state index in [4.69, 9.17) is 0 Å². The summed E-state index contributed by atoms with van der Waals surface area (Å²) in [5.74, 6) is -0.0632. The average molecular weight is 363 g/mol. The molecule has 1 unspecified atom stereocenters. The lowest BCUT2D eigenvalue weighted by Gasteiger charge is -2.16. The monoisotopic (exact) mass is 363 g/mol. The first kappa shape index (κ1) is 18.8. The maximum atomic E-state index is 12.7. The Morgan fingerprint density at radius 3 is 2.67 bits per heavy atom. The third-order valence-corrected chi connectivity index (χ3v) is 4.68. The Morgan fingerprint density at radius 2 is 1.96 bits per heavy atom. The van der Waals surface area contributed by atoms with E-state index in [2.05, 4.69) is 52.9 Å². The van der Waals surface area contributed by atoms with E-state index in [9.17, 15) is 4.79 Å². The number of hydrogen-bond donors (Lipinski definition) is 1. The number of amides is 1. The Morgan fingerprint density at radius 1 is 1.15 bits per heavy atom. The van der Waals surface area contributed by atoms with E-state index in [0.29, 0.717) is 13.0 Å². The molecule has 0 bridgehead atoms. The van der Waals surface area contributed by atoms with E-state index >= 15 is 0 Å². The van der Waals surface area contributed by atoms with E-state index in [-0.39, 0.29) is 5.91 Å². The molecule has 2 aromatic carbocycles.